The van der Waals surface area contributed by atoms with Gasteiger partial charge >= 0.3 is 0 Å². The third-order valence-corrected chi connectivity index (χ3v) is 2.31. The molecular formula is C9H12BrFN2. The van der Waals surface area contributed by atoms with Crippen molar-refractivity contribution in [1.82, 2.24) is 0 Å². The molecule has 0 aliphatic carbocycles. The molecule has 0 spiro atoms. The van der Waals surface area contributed by atoms with E-state index in [1.807, 2.05) is 0 Å². The molecular weight excluding hydrogens is 235 g/mol. The minimum Gasteiger partial charge on any atom is -0.382 e. The molecule has 1 aromatic carbocycles. The smallest absolute Gasteiger partial charge is 0.147 e. The van der Waals surface area contributed by atoms with Crippen LogP contribution >= 0.6 is 15.9 Å². The lowest BCUT2D eigenvalue weighted by Gasteiger charge is -2.08. The van der Waals surface area contributed by atoms with E-state index in [9.17, 15) is 4.39 Å². The molecule has 0 saturated heterocycles. The molecule has 0 fully saturated rings. The molecule has 4 heteroatoms. The number of hydrogen-bond acceptors (Lipinski definition) is 2. The van der Waals surface area contributed by atoms with E-state index in [1.165, 1.54) is 6.07 Å². The van der Waals surface area contributed by atoms with Crippen LogP contribution in [-0.2, 0) is 0 Å². The monoisotopic (exact) mass is 246 g/mol. The summed E-state index contributed by atoms with van der Waals surface area (Å²) in [6, 6.07) is 4.89. The second-order valence-electron chi connectivity index (χ2n) is 2.67. The van der Waals surface area contributed by atoms with Crippen LogP contribution in [0.4, 0.5) is 10.1 Å². The summed E-state index contributed by atoms with van der Waals surface area (Å²) in [5, 5.41) is 2.98. The van der Waals surface area contributed by atoms with Gasteiger partial charge in [-0.25, -0.2) is 4.39 Å². The number of hydrogen-bond donors (Lipinski definition) is 2. The van der Waals surface area contributed by atoms with E-state index >= 15 is 0 Å². The Balaban J connectivity index is 2.64. The summed E-state index contributed by atoms with van der Waals surface area (Å²) in [6.45, 7) is 1.30. The van der Waals surface area contributed by atoms with Gasteiger partial charge in [0, 0.05) is 11.0 Å². The van der Waals surface area contributed by atoms with Gasteiger partial charge in [0.25, 0.3) is 0 Å². The summed E-state index contributed by atoms with van der Waals surface area (Å²) in [6.07, 6.45) is 0.834. The highest BCUT2D eigenvalue weighted by Gasteiger charge is 2.03. The Morgan fingerprint density at radius 1 is 1.46 bits per heavy atom. The van der Waals surface area contributed by atoms with Gasteiger partial charge in [-0.3, -0.25) is 0 Å². The molecule has 0 unspecified atom stereocenters. The molecule has 0 atom stereocenters. The van der Waals surface area contributed by atoms with Crippen molar-refractivity contribution in [2.45, 2.75) is 6.42 Å². The maximum Gasteiger partial charge on any atom is 0.147 e. The van der Waals surface area contributed by atoms with Gasteiger partial charge < -0.3 is 11.1 Å². The lowest BCUT2D eigenvalue weighted by atomic mass is 10.3. The fourth-order valence-electron chi connectivity index (χ4n) is 0.982. The van der Waals surface area contributed by atoms with Crippen molar-refractivity contribution >= 4 is 21.6 Å². The summed E-state index contributed by atoms with van der Waals surface area (Å²) in [4.78, 5) is 0. The number of halogens is 2. The molecule has 3 N–H and O–H groups in total. The first kappa shape index (κ1) is 10.5. The lowest BCUT2D eigenvalue weighted by molar-refractivity contribution is 0.629. The van der Waals surface area contributed by atoms with Crippen LogP contribution in [0.5, 0.6) is 0 Å². The van der Waals surface area contributed by atoms with Gasteiger partial charge in [0.15, 0.2) is 0 Å². The van der Waals surface area contributed by atoms with E-state index in [4.69, 9.17) is 5.73 Å². The highest BCUT2D eigenvalue weighted by molar-refractivity contribution is 9.10. The van der Waals surface area contributed by atoms with Crippen LogP contribution in [0.15, 0.2) is 22.7 Å². The first-order valence-corrected chi connectivity index (χ1v) is 4.93. The number of nitrogens with one attached hydrogen (secondary N) is 1. The summed E-state index contributed by atoms with van der Waals surface area (Å²) in [7, 11) is 0. The molecule has 0 aliphatic heterocycles. The van der Waals surface area contributed by atoms with E-state index in [1.54, 1.807) is 12.1 Å². The van der Waals surface area contributed by atoms with E-state index in [0.29, 0.717) is 18.8 Å². The van der Waals surface area contributed by atoms with E-state index < -0.39 is 0 Å². The summed E-state index contributed by atoms with van der Waals surface area (Å²) in [5.41, 5.74) is 5.83. The highest BCUT2D eigenvalue weighted by atomic mass is 79.9. The van der Waals surface area contributed by atoms with E-state index in [2.05, 4.69) is 21.2 Å². The first-order chi connectivity index (χ1) is 6.25. The van der Waals surface area contributed by atoms with Crippen molar-refractivity contribution in [2.75, 3.05) is 18.4 Å². The molecule has 2 nitrogen and oxygen atoms in total. The van der Waals surface area contributed by atoms with Crippen LogP contribution in [0.1, 0.15) is 6.42 Å². The fourth-order valence-corrected chi connectivity index (χ4v) is 1.46. The molecule has 0 aliphatic rings. The Hall–Kier alpha value is -0.610. The van der Waals surface area contributed by atoms with Gasteiger partial charge in [-0.1, -0.05) is 6.07 Å². The number of benzene rings is 1. The van der Waals surface area contributed by atoms with E-state index in [0.717, 1.165) is 10.9 Å². The van der Waals surface area contributed by atoms with Crippen molar-refractivity contribution in [3.63, 3.8) is 0 Å². The summed E-state index contributed by atoms with van der Waals surface area (Å²) in [5.74, 6) is -0.244. The minimum atomic E-state index is -0.244. The van der Waals surface area contributed by atoms with Gasteiger partial charge in [-0.05, 0) is 41.0 Å². The minimum absolute atomic E-state index is 0.244. The number of nitrogens with two attached hydrogens (primary N) is 1. The van der Waals surface area contributed by atoms with Crippen molar-refractivity contribution in [2.24, 2.45) is 5.73 Å². The third-order valence-electron chi connectivity index (χ3n) is 1.65. The van der Waals surface area contributed by atoms with Gasteiger partial charge in [0.05, 0.1) is 5.69 Å². The van der Waals surface area contributed by atoms with Crippen LogP contribution in [0, 0.1) is 5.82 Å². The SMILES string of the molecule is NCCCNc1c(F)cccc1Br. The molecule has 0 aromatic heterocycles. The largest absolute Gasteiger partial charge is 0.382 e. The quantitative estimate of drug-likeness (QED) is 0.801. The maximum atomic E-state index is 13.2. The number of rotatable bonds is 4. The Labute approximate surface area is 85.4 Å². The fraction of sp³-hybridized carbons (Fsp3) is 0.333. The molecule has 0 amide bonds. The zero-order valence-corrected chi connectivity index (χ0v) is 8.77. The first-order valence-electron chi connectivity index (χ1n) is 4.13. The van der Waals surface area contributed by atoms with Gasteiger partial charge in [0.2, 0.25) is 0 Å². The van der Waals surface area contributed by atoms with Crippen LogP contribution in [0.25, 0.3) is 0 Å². The predicted octanol–water partition coefficient (Wildman–Crippen LogP) is 2.35. The highest BCUT2D eigenvalue weighted by Crippen LogP contribution is 2.24. The zero-order valence-electron chi connectivity index (χ0n) is 7.19. The second-order valence-corrected chi connectivity index (χ2v) is 3.52. The van der Waals surface area contributed by atoms with Crippen molar-refractivity contribution in [3.8, 4) is 0 Å². The van der Waals surface area contributed by atoms with Crippen LogP contribution in [-0.4, -0.2) is 13.1 Å². The average Bonchev–Trinajstić information content (AvgIpc) is 2.10. The maximum absolute atomic E-state index is 13.2. The summed E-state index contributed by atoms with van der Waals surface area (Å²) < 4.78 is 13.9. The molecule has 0 radical (unpaired) electrons. The molecule has 0 bridgehead atoms. The average molecular weight is 247 g/mol. The van der Waals surface area contributed by atoms with Crippen molar-refractivity contribution < 1.29 is 4.39 Å². The molecule has 0 saturated carbocycles. The van der Waals surface area contributed by atoms with Crippen LogP contribution in [0.2, 0.25) is 0 Å². The lowest BCUT2D eigenvalue weighted by Crippen LogP contribution is -2.09. The summed E-state index contributed by atoms with van der Waals surface area (Å²) >= 11 is 3.27. The number of para-hydroxylation sites is 1. The van der Waals surface area contributed by atoms with Crippen LogP contribution in [0.3, 0.4) is 0 Å². The second kappa shape index (κ2) is 5.19. The molecule has 0 heterocycles. The van der Waals surface area contributed by atoms with E-state index in [-0.39, 0.29) is 5.82 Å². The molecule has 1 aromatic rings. The van der Waals surface area contributed by atoms with Crippen LogP contribution < -0.4 is 11.1 Å². The number of anilines is 1. The third kappa shape index (κ3) is 2.97. The van der Waals surface area contributed by atoms with Gasteiger partial charge in [-0.2, -0.15) is 0 Å². The Morgan fingerprint density at radius 2 is 2.23 bits per heavy atom. The Morgan fingerprint density at radius 3 is 2.85 bits per heavy atom. The standard InChI is InChI=1S/C9H12BrFN2/c10-7-3-1-4-8(11)9(7)13-6-2-5-12/h1,3-4,13H,2,5-6,12H2. The van der Waals surface area contributed by atoms with Gasteiger partial charge in [-0.15, -0.1) is 0 Å². The molecule has 1 rings (SSSR count). The molecule has 13 heavy (non-hydrogen) atoms. The Bertz CT molecular complexity index is 258. The topological polar surface area (TPSA) is 38.0 Å². The predicted molar refractivity (Wildman–Crippen MR) is 56.3 cm³/mol. The normalized spacial score (nSPS) is 10.1. The zero-order chi connectivity index (χ0) is 9.68. The van der Waals surface area contributed by atoms with Crippen molar-refractivity contribution in [1.29, 1.82) is 0 Å². The van der Waals surface area contributed by atoms with Gasteiger partial charge in [0.1, 0.15) is 5.82 Å². The van der Waals surface area contributed by atoms with Crippen molar-refractivity contribution in [3.05, 3.63) is 28.5 Å². The molecule has 72 valence electrons. The Kier molecular flexibility index (Phi) is 4.18.